The molecule has 1 saturated heterocycles. The fourth-order valence-corrected chi connectivity index (χ4v) is 4.47. The first kappa shape index (κ1) is 25.2. The van der Waals surface area contributed by atoms with Crippen LogP contribution in [0.25, 0.3) is 11.3 Å². The van der Waals surface area contributed by atoms with Crippen molar-refractivity contribution >= 4 is 5.91 Å². The van der Waals surface area contributed by atoms with E-state index in [0.717, 1.165) is 22.6 Å². The number of amides is 1. The van der Waals surface area contributed by atoms with Crippen molar-refractivity contribution in [2.75, 3.05) is 20.7 Å². The van der Waals surface area contributed by atoms with Gasteiger partial charge in [0.2, 0.25) is 5.91 Å². The smallest absolute Gasteiger partial charge is 0.241 e. The summed E-state index contributed by atoms with van der Waals surface area (Å²) in [6.07, 6.45) is 1.36. The molecule has 3 rings (SSSR count). The van der Waals surface area contributed by atoms with Crippen LogP contribution in [0.4, 0.5) is 0 Å². The van der Waals surface area contributed by atoms with Gasteiger partial charge in [-0.3, -0.25) is 9.48 Å². The van der Waals surface area contributed by atoms with Crippen LogP contribution >= 0.6 is 0 Å². The number of methoxy groups -OCH3 is 1. The van der Waals surface area contributed by atoms with Crippen molar-refractivity contribution < 1.29 is 14.6 Å². The van der Waals surface area contributed by atoms with E-state index in [4.69, 9.17) is 4.74 Å². The van der Waals surface area contributed by atoms with Crippen LogP contribution in [0.5, 0.6) is 5.75 Å². The van der Waals surface area contributed by atoms with Gasteiger partial charge >= 0.3 is 0 Å². The highest BCUT2D eigenvalue weighted by Gasteiger charge is 2.40. The monoisotopic (exact) mass is 458 g/mol. The number of likely N-dealkylation sites (N-methyl/N-ethyl adjacent to an activating group) is 1. The second kappa shape index (κ2) is 10.2. The summed E-state index contributed by atoms with van der Waals surface area (Å²) >= 11 is 0. The number of nitrogens with one attached hydrogen (secondary N) is 3. The molecule has 9 heteroatoms. The van der Waals surface area contributed by atoms with Crippen LogP contribution in [-0.2, 0) is 11.8 Å². The lowest BCUT2D eigenvalue weighted by atomic mass is 9.86. The second-order valence-electron chi connectivity index (χ2n) is 9.79. The maximum atomic E-state index is 13.2. The molecule has 0 saturated carbocycles. The molecule has 0 radical (unpaired) electrons. The first-order chi connectivity index (χ1) is 15.6. The number of carbonyl (C=O) groups excluding carboxylic acids is 1. The molecule has 4 atom stereocenters. The molecular weight excluding hydrogens is 420 g/mol. The molecule has 0 aliphatic carbocycles. The largest absolute Gasteiger partial charge is 0.496 e. The molecule has 1 fully saturated rings. The Hall–Kier alpha value is -2.46. The molecule has 0 spiro atoms. The SMILES string of the molecule is CN[C@H](C(=O)N1C[C@H](O)C[C@H]1NN[C@@H](C)c1ccc(-c2ccnn2C)cc1OC)C(C)(C)C. The first-order valence-corrected chi connectivity index (χ1v) is 11.4. The standard InChI is InChI=1S/C24H38N6O3/c1-15(18-9-8-16(12-20(18)33-7)19-10-11-26-29(19)6)27-28-21-13-17(31)14-30(21)23(32)22(25-5)24(2,3)4/h8-12,15,17,21-22,25,27-28,31H,13-14H2,1-7H3/t15-,17+,21-,22+/m0/s1. The van der Waals surface area contributed by atoms with Crippen LogP contribution in [0.1, 0.15) is 45.7 Å². The zero-order valence-electron chi connectivity index (χ0n) is 20.7. The van der Waals surface area contributed by atoms with Crippen LogP contribution in [0, 0.1) is 5.41 Å². The summed E-state index contributed by atoms with van der Waals surface area (Å²) in [7, 11) is 5.36. The van der Waals surface area contributed by atoms with Gasteiger partial charge < -0.3 is 20.1 Å². The van der Waals surface area contributed by atoms with E-state index >= 15 is 0 Å². The molecule has 0 bridgehead atoms. The minimum absolute atomic E-state index is 0.0217. The van der Waals surface area contributed by atoms with Crippen molar-refractivity contribution in [2.45, 2.75) is 58.5 Å². The fraction of sp³-hybridized carbons (Fsp3) is 0.583. The Morgan fingerprint density at radius 1 is 1.30 bits per heavy atom. The molecule has 1 aliphatic rings. The number of likely N-dealkylation sites (tertiary alicyclic amines) is 1. The van der Waals surface area contributed by atoms with E-state index in [9.17, 15) is 9.90 Å². The third-order valence-corrected chi connectivity index (χ3v) is 6.25. The summed E-state index contributed by atoms with van der Waals surface area (Å²) in [6, 6.07) is 7.60. The minimum atomic E-state index is -0.561. The van der Waals surface area contributed by atoms with E-state index in [1.54, 1.807) is 25.3 Å². The molecule has 1 amide bonds. The zero-order chi connectivity index (χ0) is 24.3. The molecule has 182 valence electrons. The predicted molar refractivity (Wildman–Crippen MR) is 128 cm³/mol. The quantitative estimate of drug-likeness (QED) is 0.447. The number of hydrogen-bond donors (Lipinski definition) is 4. The van der Waals surface area contributed by atoms with Crippen molar-refractivity contribution in [2.24, 2.45) is 12.5 Å². The Morgan fingerprint density at radius 3 is 2.61 bits per heavy atom. The van der Waals surface area contributed by atoms with E-state index < -0.39 is 6.10 Å². The van der Waals surface area contributed by atoms with E-state index in [2.05, 4.69) is 21.3 Å². The van der Waals surface area contributed by atoms with Gasteiger partial charge in [-0.25, -0.2) is 10.9 Å². The molecule has 1 aromatic heterocycles. The van der Waals surface area contributed by atoms with E-state index in [-0.39, 0.29) is 29.6 Å². The first-order valence-electron chi connectivity index (χ1n) is 11.4. The lowest BCUT2D eigenvalue weighted by Crippen LogP contribution is -2.57. The average molecular weight is 459 g/mol. The number of benzene rings is 1. The number of aliphatic hydroxyl groups is 1. The Kier molecular flexibility index (Phi) is 7.79. The summed E-state index contributed by atoms with van der Waals surface area (Å²) in [5, 5.41) is 17.6. The molecule has 9 nitrogen and oxygen atoms in total. The van der Waals surface area contributed by atoms with Gasteiger partial charge in [0.15, 0.2) is 0 Å². The third-order valence-electron chi connectivity index (χ3n) is 6.25. The summed E-state index contributed by atoms with van der Waals surface area (Å²) < 4.78 is 7.49. The molecule has 2 aromatic rings. The van der Waals surface area contributed by atoms with Crippen LogP contribution < -0.4 is 20.9 Å². The van der Waals surface area contributed by atoms with Crippen molar-refractivity contribution in [1.29, 1.82) is 0 Å². The molecular formula is C24H38N6O3. The molecule has 1 aliphatic heterocycles. The number of aryl methyl sites for hydroxylation is 1. The van der Waals surface area contributed by atoms with Crippen LogP contribution in [0.15, 0.2) is 30.5 Å². The van der Waals surface area contributed by atoms with Gasteiger partial charge in [-0.15, -0.1) is 0 Å². The third kappa shape index (κ3) is 5.55. The number of carbonyl (C=O) groups is 1. The fourth-order valence-electron chi connectivity index (χ4n) is 4.47. The molecule has 0 unspecified atom stereocenters. The number of ether oxygens (including phenoxy) is 1. The van der Waals surface area contributed by atoms with Gasteiger partial charge in [0.1, 0.15) is 5.75 Å². The number of aliphatic hydroxyl groups excluding tert-OH is 1. The molecule has 1 aromatic carbocycles. The van der Waals surface area contributed by atoms with Gasteiger partial charge in [-0.05, 0) is 31.5 Å². The minimum Gasteiger partial charge on any atom is -0.496 e. The number of rotatable bonds is 8. The van der Waals surface area contributed by atoms with Crippen molar-refractivity contribution in [3.63, 3.8) is 0 Å². The summed E-state index contributed by atoms with van der Waals surface area (Å²) in [5.74, 6) is 0.740. The normalized spacial score (nSPS) is 20.7. The molecule has 4 N–H and O–H groups in total. The van der Waals surface area contributed by atoms with Crippen LogP contribution in [0.2, 0.25) is 0 Å². The van der Waals surface area contributed by atoms with E-state index in [0.29, 0.717) is 13.0 Å². The number of hydrogen-bond acceptors (Lipinski definition) is 7. The maximum Gasteiger partial charge on any atom is 0.241 e. The average Bonchev–Trinajstić information content (AvgIpc) is 3.36. The number of aromatic nitrogens is 2. The Morgan fingerprint density at radius 2 is 2.03 bits per heavy atom. The Bertz CT molecular complexity index is 954. The van der Waals surface area contributed by atoms with Crippen molar-refractivity contribution in [3.8, 4) is 17.0 Å². The lowest BCUT2D eigenvalue weighted by molar-refractivity contribution is -0.138. The van der Waals surface area contributed by atoms with E-state index in [1.165, 1.54) is 0 Å². The Balaban J connectivity index is 1.72. The van der Waals surface area contributed by atoms with Crippen molar-refractivity contribution in [1.82, 2.24) is 30.8 Å². The topological polar surface area (TPSA) is 104 Å². The van der Waals surface area contributed by atoms with Gasteiger partial charge in [0.05, 0.1) is 31.1 Å². The maximum absolute atomic E-state index is 13.2. The Labute approximate surface area is 196 Å². The number of β-amino-alcohol motifs (C(OH)–C–C–N with tert-alkyl or cyclic N) is 1. The molecule has 2 heterocycles. The van der Waals surface area contributed by atoms with Crippen molar-refractivity contribution in [3.05, 3.63) is 36.0 Å². The zero-order valence-corrected chi connectivity index (χ0v) is 20.7. The molecule has 33 heavy (non-hydrogen) atoms. The van der Waals surface area contributed by atoms with Crippen LogP contribution in [-0.4, -0.2) is 64.7 Å². The van der Waals surface area contributed by atoms with E-state index in [1.807, 2.05) is 63.7 Å². The van der Waals surface area contributed by atoms with Gasteiger partial charge in [0.25, 0.3) is 0 Å². The summed E-state index contributed by atoms with van der Waals surface area (Å²) in [4.78, 5) is 15.0. The predicted octanol–water partition coefficient (Wildman–Crippen LogP) is 1.80. The number of hydrazine groups is 1. The number of nitrogens with zero attached hydrogens (tertiary/aromatic N) is 3. The highest BCUT2D eigenvalue weighted by Crippen LogP contribution is 2.31. The lowest BCUT2D eigenvalue weighted by Gasteiger charge is -2.35. The van der Waals surface area contributed by atoms with Gasteiger partial charge in [-0.1, -0.05) is 32.9 Å². The summed E-state index contributed by atoms with van der Waals surface area (Å²) in [6.45, 7) is 8.43. The van der Waals surface area contributed by atoms with Crippen LogP contribution in [0.3, 0.4) is 0 Å². The highest BCUT2D eigenvalue weighted by atomic mass is 16.5. The second-order valence-corrected chi connectivity index (χ2v) is 9.79. The highest BCUT2D eigenvalue weighted by molar-refractivity contribution is 5.83. The van der Waals surface area contributed by atoms with Gasteiger partial charge in [-0.2, -0.15) is 5.10 Å². The van der Waals surface area contributed by atoms with Gasteiger partial charge in [0, 0.05) is 43.4 Å². The summed E-state index contributed by atoms with van der Waals surface area (Å²) in [5.41, 5.74) is 9.35.